The van der Waals surface area contributed by atoms with Gasteiger partial charge in [-0.2, -0.15) is 5.10 Å². The second kappa shape index (κ2) is 6.41. The van der Waals surface area contributed by atoms with Gasteiger partial charge in [0, 0.05) is 12.0 Å². The van der Waals surface area contributed by atoms with Crippen molar-refractivity contribution in [2.45, 2.75) is 52.1 Å². The number of halogens is 1. The molecule has 1 heterocycles. The van der Waals surface area contributed by atoms with E-state index in [9.17, 15) is 4.39 Å². The fourth-order valence-electron chi connectivity index (χ4n) is 4.31. The fourth-order valence-corrected chi connectivity index (χ4v) is 4.31. The number of aromatic nitrogens is 2. The summed E-state index contributed by atoms with van der Waals surface area (Å²) in [5, 5.41) is 4.58. The van der Waals surface area contributed by atoms with Gasteiger partial charge in [0.25, 0.3) is 0 Å². The predicted octanol–water partition coefficient (Wildman–Crippen LogP) is 4.94. The molecule has 2 unspecified atom stereocenters. The first kappa shape index (κ1) is 16.5. The number of hydrogen-bond acceptors (Lipinski definition) is 2. The van der Waals surface area contributed by atoms with Crippen LogP contribution in [0.2, 0.25) is 0 Å². The molecule has 0 amide bonds. The molecule has 4 rings (SSSR count). The highest BCUT2D eigenvalue weighted by atomic mass is 19.1. The summed E-state index contributed by atoms with van der Waals surface area (Å²) in [6.45, 7) is 5.33. The Labute approximate surface area is 148 Å². The summed E-state index contributed by atoms with van der Waals surface area (Å²) in [4.78, 5) is 0. The van der Waals surface area contributed by atoms with Crippen LogP contribution in [0.5, 0.6) is 0 Å². The van der Waals surface area contributed by atoms with Crippen LogP contribution >= 0.6 is 0 Å². The fraction of sp³-hybridized carbons (Fsp3) is 0.476. The Morgan fingerprint density at radius 2 is 2.12 bits per heavy atom. The van der Waals surface area contributed by atoms with Crippen LogP contribution in [0, 0.1) is 11.2 Å². The lowest BCUT2D eigenvalue weighted by Gasteiger charge is -2.45. The van der Waals surface area contributed by atoms with Crippen molar-refractivity contribution in [2.75, 3.05) is 6.61 Å². The number of hydrogen-bond donors (Lipinski definition) is 0. The van der Waals surface area contributed by atoms with Crippen LogP contribution in [0.15, 0.2) is 36.0 Å². The summed E-state index contributed by atoms with van der Waals surface area (Å²) in [5.74, 6) is -0.223. The number of ether oxygens (including phenoxy) is 1. The van der Waals surface area contributed by atoms with Gasteiger partial charge >= 0.3 is 0 Å². The average molecular weight is 340 g/mol. The van der Waals surface area contributed by atoms with Gasteiger partial charge in [0.15, 0.2) is 0 Å². The Morgan fingerprint density at radius 3 is 2.88 bits per heavy atom. The normalized spacial score (nSPS) is 25.2. The lowest BCUT2D eigenvalue weighted by molar-refractivity contribution is -0.0345. The van der Waals surface area contributed by atoms with Crippen LogP contribution in [0.3, 0.4) is 0 Å². The third-order valence-corrected chi connectivity index (χ3v) is 5.71. The molecule has 3 nitrogen and oxygen atoms in total. The Balaban J connectivity index is 1.71. The predicted molar refractivity (Wildman–Crippen MR) is 97.2 cm³/mol. The van der Waals surface area contributed by atoms with E-state index < -0.39 is 0 Å². The molecule has 1 saturated carbocycles. The van der Waals surface area contributed by atoms with E-state index in [1.54, 1.807) is 12.1 Å². The van der Waals surface area contributed by atoms with Crippen LogP contribution in [0.1, 0.15) is 50.8 Å². The minimum Gasteiger partial charge on any atom is -0.377 e. The molecule has 2 aliphatic rings. The van der Waals surface area contributed by atoms with Gasteiger partial charge in [-0.05, 0) is 68.0 Å². The van der Waals surface area contributed by atoms with E-state index >= 15 is 0 Å². The van der Waals surface area contributed by atoms with Crippen molar-refractivity contribution in [1.82, 2.24) is 9.78 Å². The molecule has 4 heteroatoms. The molecule has 1 aromatic carbocycles. The van der Waals surface area contributed by atoms with Crippen molar-refractivity contribution in [3.8, 4) is 5.69 Å². The molecule has 2 atom stereocenters. The van der Waals surface area contributed by atoms with Crippen molar-refractivity contribution in [1.29, 1.82) is 0 Å². The van der Waals surface area contributed by atoms with E-state index in [2.05, 4.69) is 25.0 Å². The first-order valence-corrected chi connectivity index (χ1v) is 9.27. The molecule has 2 aromatic rings. The van der Waals surface area contributed by atoms with Crippen LogP contribution < -0.4 is 0 Å². The molecule has 0 radical (unpaired) electrons. The monoisotopic (exact) mass is 340 g/mol. The first-order chi connectivity index (χ1) is 12.1. The zero-order valence-electron chi connectivity index (χ0n) is 15.0. The molecule has 25 heavy (non-hydrogen) atoms. The molecule has 2 aliphatic carbocycles. The van der Waals surface area contributed by atoms with E-state index in [1.165, 1.54) is 29.7 Å². The summed E-state index contributed by atoms with van der Waals surface area (Å²) < 4.78 is 21.4. The topological polar surface area (TPSA) is 27.1 Å². The minimum absolute atomic E-state index is 0.0665. The van der Waals surface area contributed by atoms with Crippen LogP contribution in [-0.2, 0) is 11.2 Å². The van der Waals surface area contributed by atoms with Crippen molar-refractivity contribution in [2.24, 2.45) is 5.41 Å². The maximum Gasteiger partial charge on any atom is 0.123 e. The molecule has 132 valence electrons. The molecule has 1 aromatic heterocycles. The number of rotatable bonds is 4. The maximum absolute atomic E-state index is 13.2. The SMILES string of the molecule is CCCOC1CCCC2=Cc3c(cnn3-c3ccc(F)cc3)CC21C. The Morgan fingerprint density at radius 1 is 1.32 bits per heavy atom. The molecule has 0 N–H and O–H groups in total. The van der Waals surface area contributed by atoms with Gasteiger partial charge in [0.1, 0.15) is 5.82 Å². The average Bonchev–Trinajstić information content (AvgIpc) is 3.00. The highest BCUT2D eigenvalue weighted by molar-refractivity contribution is 5.61. The molecule has 1 fully saturated rings. The summed E-state index contributed by atoms with van der Waals surface area (Å²) in [6.07, 6.45) is 10.00. The zero-order chi connectivity index (χ0) is 17.4. The summed E-state index contributed by atoms with van der Waals surface area (Å²) in [6, 6.07) is 6.53. The summed E-state index contributed by atoms with van der Waals surface area (Å²) in [5.41, 5.74) is 4.82. The Hall–Kier alpha value is -1.94. The van der Waals surface area contributed by atoms with Gasteiger partial charge in [-0.25, -0.2) is 9.07 Å². The van der Waals surface area contributed by atoms with Crippen LogP contribution in [0.4, 0.5) is 4.39 Å². The largest absolute Gasteiger partial charge is 0.377 e. The third-order valence-electron chi connectivity index (χ3n) is 5.71. The Bertz CT molecular complexity index is 793. The summed E-state index contributed by atoms with van der Waals surface area (Å²) in [7, 11) is 0. The van der Waals surface area contributed by atoms with E-state index in [1.807, 2.05) is 10.9 Å². The van der Waals surface area contributed by atoms with Crippen molar-refractivity contribution in [3.05, 3.63) is 53.1 Å². The van der Waals surface area contributed by atoms with Gasteiger partial charge in [-0.15, -0.1) is 0 Å². The molecule has 0 saturated heterocycles. The second-order valence-electron chi connectivity index (χ2n) is 7.46. The standard InChI is InChI=1S/C21H25FN2O/c1-3-11-25-20-6-4-5-16-12-19-15(13-21(16,20)2)14-23-24(19)18-9-7-17(22)8-10-18/h7-10,12,14,20H,3-6,11,13H2,1-2H3. The smallest absolute Gasteiger partial charge is 0.123 e. The molecule has 0 aliphatic heterocycles. The zero-order valence-corrected chi connectivity index (χ0v) is 15.0. The van der Waals surface area contributed by atoms with Gasteiger partial charge in [0.2, 0.25) is 0 Å². The number of nitrogens with zero attached hydrogens (tertiary/aromatic N) is 2. The van der Waals surface area contributed by atoms with E-state index in [4.69, 9.17) is 4.74 Å². The van der Waals surface area contributed by atoms with Crippen LogP contribution in [-0.4, -0.2) is 22.5 Å². The van der Waals surface area contributed by atoms with Crippen molar-refractivity contribution < 1.29 is 9.13 Å². The quantitative estimate of drug-likeness (QED) is 0.788. The Kier molecular flexibility index (Phi) is 4.24. The van der Waals surface area contributed by atoms with Gasteiger partial charge in [0.05, 0.1) is 23.7 Å². The number of fused-ring (bicyclic) bond motifs is 2. The van der Waals surface area contributed by atoms with E-state index in [-0.39, 0.29) is 17.3 Å². The maximum atomic E-state index is 13.2. The molecular weight excluding hydrogens is 315 g/mol. The van der Waals surface area contributed by atoms with E-state index in [0.29, 0.717) is 0 Å². The van der Waals surface area contributed by atoms with Crippen molar-refractivity contribution in [3.63, 3.8) is 0 Å². The highest BCUT2D eigenvalue weighted by Gasteiger charge is 2.44. The third kappa shape index (κ3) is 2.82. The highest BCUT2D eigenvalue weighted by Crippen LogP contribution is 2.49. The lowest BCUT2D eigenvalue weighted by atomic mass is 9.64. The molecule has 0 bridgehead atoms. The van der Waals surface area contributed by atoms with Crippen molar-refractivity contribution >= 4 is 6.08 Å². The summed E-state index contributed by atoms with van der Waals surface area (Å²) >= 11 is 0. The lowest BCUT2D eigenvalue weighted by Crippen LogP contribution is -2.42. The second-order valence-corrected chi connectivity index (χ2v) is 7.46. The van der Waals surface area contributed by atoms with Gasteiger partial charge < -0.3 is 4.74 Å². The minimum atomic E-state index is -0.223. The van der Waals surface area contributed by atoms with E-state index in [0.717, 1.165) is 43.7 Å². The number of benzene rings is 1. The molecule has 0 spiro atoms. The molecular formula is C21H25FN2O. The van der Waals surface area contributed by atoms with Gasteiger partial charge in [-0.1, -0.05) is 19.4 Å². The van der Waals surface area contributed by atoms with Crippen LogP contribution in [0.25, 0.3) is 11.8 Å². The first-order valence-electron chi connectivity index (χ1n) is 9.27. The van der Waals surface area contributed by atoms with Gasteiger partial charge in [-0.3, -0.25) is 0 Å².